The predicted molar refractivity (Wildman–Crippen MR) is 72.2 cm³/mol. The van der Waals surface area contributed by atoms with Crippen molar-refractivity contribution in [1.29, 1.82) is 0 Å². The first kappa shape index (κ1) is 14.3. The number of rotatable bonds is 3. The second-order valence-corrected chi connectivity index (χ2v) is 4.88. The van der Waals surface area contributed by atoms with Crippen LogP contribution in [0.3, 0.4) is 0 Å². The third-order valence-corrected chi connectivity index (χ3v) is 3.54. The molecule has 1 aliphatic rings. The molecule has 1 aliphatic heterocycles. The summed E-state index contributed by atoms with van der Waals surface area (Å²) in [5.41, 5.74) is 1.93. The first-order valence-electron chi connectivity index (χ1n) is 6.46. The summed E-state index contributed by atoms with van der Waals surface area (Å²) in [7, 11) is 1.55. The molecule has 0 bridgehead atoms. The van der Waals surface area contributed by atoms with Crippen molar-refractivity contribution in [2.45, 2.75) is 19.0 Å². The van der Waals surface area contributed by atoms with E-state index in [-0.39, 0.29) is 25.7 Å². The molecule has 1 unspecified atom stereocenters. The highest BCUT2D eigenvalue weighted by molar-refractivity contribution is 5.83. The normalized spacial score (nSPS) is 17.5. The molecular formula is C14H18N2O4. The fraction of sp³-hybridized carbons (Fsp3) is 0.429. The minimum absolute atomic E-state index is 0.148. The van der Waals surface area contributed by atoms with Crippen LogP contribution in [0.1, 0.15) is 11.1 Å². The standard InChI is InChI=1S/C14H18N2O4/c1-15(6-7-17)14(20)16-9-11-5-3-2-4-10(11)8-12(16)13(18)19/h2-5,12,17H,6-9H2,1H3,(H,18,19). The summed E-state index contributed by atoms with van der Waals surface area (Å²) in [4.78, 5) is 26.4. The molecule has 2 N–H and O–H groups in total. The van der Waals surface area contributed by atoms with Gasteiger partial charge in [0.2, 0.25) is 0 Å². The molecule has 0 spiro atoms. The van der Waals surface area contributed by atoms with Gasteiger partial charge in [0.1, 0.15) is 6.04 Å². The van der Waals surface area contributed by atoms with Gasteiger partial charge in [-0.3, -0.25) is 0 Å². The summed E-state index contributed by atoms with van der Waals surface area (Å²) >= 11 is 0. The molecule has 2 amide bonds. The number of benzene rings is 1. The molecule has 6 heteroatoms. The van der Waals surface area contributed by atoms with Crippen LogP contribution in [0.5, 0.6) is 0 Å². The molecule has 20 heavy (non-hydrogen) atoms. The zero-order valence-corrected chi connectivity index (χ0v) is 11.3. The Bertz CT molecular complexity index is 518. The fourth-order valence-corrected chi connectivity index (χ4v) is 2.41. The van der Waals surface area contributed by atoms with E-state index in [0.29, 0.717) is 6.42 Å². The summed E-state index contributed by atoms with van der Waals surface area (Å²) < 4.78 is 0. The monoisotopic (exact) mass is 278 g/mol. The number of nitrogens with zero attached hydrogens (tertiary/aromatic N) is 2. The van der Waals surface area contributed by atoms with Gasteiger partial charge in [-0.2, -0.15) is 0 Å². The Hall–Kier alpha value is -2.08. The van der Waals surface area contributed by atoms with Gasteiger partial charge in [-0.05, 0) is 11.1 Å². The van der Waals surface area contributed by atoms with Crippen LogP contribution in [0, 0.1) is 0 Å². The van der Waals surface area contributed by atoms with Crippen molar-refractivity contribution in [1.82, 2.24) is 9.80 Å². The van der Waals surface area contributed by atoms with Crippen LogP contribution in [0.4, 0.5) is 4.79 Å². The first-order chi connectivity index (χ1) is 9.54. The highest BCUT2D eigenvalue weighted by Gasteiger charge is 2.35. The number of aliphatic carboxylic acids is 1. The van der Waals surface area contributed by atoms with Crippen molar-refractivity contribution in [3.05, 3.63) is 35.4 Å². The number of carboxylic acids is 1. The van der Waals surface area contributed by atoms with E-state index < -0.39 is 12.0 Å². The maximum Gasteiger partial charge on any atom is 0.326 e. The number of urea groups is 1. The van der Waals surface area contributed by atoms with Gasteiger partial charge in [0, 0.05) is 26.6 Å². The molecule has 0 saturated heterocycles. The van der Waals surface area contributed by atoms with Gasteiger partial charge in [-0.15, -0.1) is 0 Å². The number of carboxylic acid groups (broad SMARTS) is 1. The van der Waals surface area contributed by atoms with Gasteiger partial charge in [0.15, 0.2) is 0 Å². The van der Waals surface area contributed by atoms with E-state index in [4.69, 9.17) is 5.11 Å². The van der Waals surface area contributed by atoms with Gasteiger partial charge in [0.05, 0.1) is 6.61 Å². The quantitative estimate of drug-likeness (QED) is 0.845. The Morgan fingerprint density at radius 1 is 1.35 bits per heavy atom. The van der Waals surface area contributed by atoms with E-state index in [2.05, 4.69) is 0 Å². The number of hydrogen-bond donors (Lipinski definition) is 2. The number of aliphatic hydroxyl groups excluding tert-OH is 1. The van der Waals surface area contributed by atoms with E-state index in [0.717, 1.165) is 11.1 Å². The number of amides is 2. The third kappa shape index (κ3) is 2.75. The van der Waals surface area contributed by atoms with Crippen molar-refractivity contribution >= 4 is 12.0 Å². The van der Waals surface area contributed by atoms with Crippen molar-refractivity contribution in [3.8, 4) is 0 Å². The molecule has 0 aliphatic carbocycles. The lowest BCUT2D eigenvalue weighted by Crippen LogP contribution is -2.53. The van der Waals surface area contributed by atoms with E-state index >= 15 is 0 Å². The van der Waals surface area contributed by atoms with Gasteiger partial charge < -0.3 is 20.0 Å². The fourth-order valence-electron chi connectivity index (χ4n) is 2.41. The van der Waals surface area contributed by atoms with Gasteiger partial charge >= 0.3 is 12.0 Å². The highest BCUT2D eigenvalue weighted by Crippen LogP contribution is 2.24. The SMILES string of the molecule is CN(CCO)C(=O)N1Cc2ccccc2CC1C(=O)O. The predicted octanol–water partition coefficient (Wildman–Crippen LogP) is 0.542. The van der Waals surface area contributed by atoms with Crippen molar-refractivity contribution in [3.63, 3.8) is 0 Å². The van der Waals surface area contributed by atoms with Crippen LogP contribution in [-0.4, -0.2) is 58.3 Å². The van der Waals surface area contributed by atoms with Gasteiger partial charge in [-0.25, -0.2) is 9.59 Å². The summed E-state index contributed by atoms with van der Waals surface area (Å²) in [5.74, 6) is -1.01. The molecule has 1 heterocycles. The molecule has 1 atom stereocenters. The Labute approximate surface area is 117 Å². The molecule has 0 aromatic heterocycles. The van der Waals surface area contributed by atoms with Crippen LogP contribution in [-0.2, 0) is 17.8 Å². The van der Waals surface area contributed by atoms with Gasteiger partial charge in [-0.1, -0.05) is 24.3 Å². The van der Waals surface area contributed by atoms with Crippen molar-refractivity contribution in [2.24, 2.45) is 0 Å². The van der Waals surface area contributed by atoms with E-state index in [1.807, 2.05) is 24.3 Å². The molecule has 2 rings (SSSR count). The van der Waals surface area contributed by atoms with E-state index in [1.165, 1.54) is 9.80 Å². The van der Waals surface area contributed by atoms with Crippen LogP contribution in [0.2, 0.25) is 0 Å². The maximum atomic E-state index is 12.3. The molecule has 0 saturated carbocycles. The number of aliphatic hydroxyl groups is 1. The van der Waals surface area contributed by atoms with Gasteiger partial charge in [0.25, 0.3) is 0 Å². The molecular weight excluding hydrogens is 260 g/mol. The zero-order chi connectivity index (χ0) is 14.7. The lowest BCUT2D eigenvalue weighted by atomic mass is 9.94. The lowest BCUT2D eigenvalue weighted by molar-refractivity contribution is -0.142. The highest BCUT2D eigenvalue weighted by atomic mass is 16.4. The minimum atomic E-state index is -1.01. The van der Waals surface area contributed by atoms with Crippen LogP contribution in [0.15, 0.2) is 24.3 Å². The molecule has 6 nitrogen and oxygen atoms in total. The molecule has 0 fully saturated rings. The summed E-state index contributed by atoms with van der Waals surface area (Å²) in [6.45, 7) is 0.315. The number of fused-ring (bicyclic) bond motifs is 1. The molecule has 0 radical (unpaired) electrons. The lowest BCUT2D eigenvalue weighted by Gasteiger charge is -2.36. The topological polar surface area (TPSA) is 81.1 Å². The Morgan fingerprint density at radius 3 is 2.60 bits per heavy atom. The van der Waals surface area contributed by atoms with Crippen LogP contribution < -0.4 is 0 Å². The minimum Gasteiger partial charge on any atom is -0.480 e. The number of carbonyl (C=O) groups excluding carboxylic acids is 1. The van der Waals surface area contributed by atoms with Crippen molar-refractivity contribution < 1.29 is 19.8 Å². The molecule has 1 aromatic rings. The Morgan fingerprint density at radius 2 is 2.00 bits per heavy atom. The first-order valence-corrected chi connectivity index (χ1v) is 6.46. The Balaban J connectivity index is 2.26. The smallest absolute Gasteiger partial charge is 0.326 e. The summed E-state index contributed by atoms with van der Waals surface area (Å²) in [6, 6.07) is 6.30. The molecule has 1 aromatic carbocycles. The number of carbonyl (C=O) groups is 2. The zero-order valence-electron chi connectivity index (χ0n) is 11.3. The average Bonchev–Trinajstić information content (AvgIpc) is 2.45. The summed E-state index contributed by atoms with van der Waals surface area (Å²) in [6.07, 6.45) is 0.310. The average molecular weight is 278 g/mol. The third-order valence-electron chi connectivity index (χ3n) is 3.54. The number of likely N-dealkylation sites (N-methyl/N-ethyl adjacent to an activating group) is 1. The van der Waals surface area contributed by atoms with E-state index in [9.17, 15) is 14.7 Å². The second-order valence-electron chi connectivity index (χ2n) is 4.88. The van der Waals surface area contributed by atoms with Crippen LogP contribution in [0.25, 0.3) is 0 Å². The summed E-state index contributed by atoms with van der Waals surface area (Å²) in [5, 5.41) is 18.2. The maximum absolute atomic E-state index is 12.3. The second kappa shape index (κ2) is 5.92. The van der Waals surface area contributed by atoms with E-state index in [1.54, 1.807) is 7.05 Å². The van der Waals surface area contributed by atoms with Crippen molar-refractivity contribution in [2.75, 3.05) is 20.2 Å². The largest absolute Gasteiger partial charge is 0.480 e. The Kier molecular flexibility index (Phi) is 4.24. The van der Waals surface area contributed by atoms with Crippen LogP contribution >= 0.6 is 0 Å². The molecule has 108 valence electrons. The number of hydrogen-bond acceptors (Lipinski definition) is 3.